The molecule has 0 atom stereocenters. The van der Waals surface area contributed by atoms with E-state index in [1.54, 1.807) is 19.1 Å². The Balaban J connectivity index is 1.84. The summed E-state index contributed by atoms with van der Waals surface area (Å²) in [6.45, 7) is 2.00. The van der Waals surface area contributed by atoms with Crippen molar-refractivity contribution in [2.45, 2.75) is 13.5 Å². The fourth-order valence-electron chi connectivity index (χ4n) is 2.95. The molecule has 11 heteroatoms. The van der Waals surface area contributed by atoms with Gasteiger partial charge in [-0.25, -0.2) is 13.1 Å². The van der Waals surface area contributed by atoms with Crippen LogP contribution in [-0.2, 0) is 16.6 Å². The Labute approximate surface area is 190 Å². The molecule has 1 heterocycles. The standard InChI is InChI=1S/C20H20Cl2N4O4S/c1-12-18(19(22)26(24-12)11-13-6-4-5-7-15(13)21)20(27)23-14-8-9-16(17(10-14)30-2)25-31(3,28)29/h4-10,25H,11H2,1-3H3,(H,23,27). The van der Waals surface area contributed by atoms with E-state index >= 15 is 0 Å². The zero-order chi connectivity index (χ0) is 22.8. The van der Waals surface area contributed by atoms with Gasteiger partial charge in [0.05, 0.1) is 36.9 Å². The van der Waals surface area contributed by atoms with Gasteiger partial charge in [-0.3, -0.25) is 9.52 Å². The quantitative estimate of drug-likeness (QED) is 0.525. The maximum Gasteiger partial charge on any atom is 0.260 e. The third-order valence-corrected chi connectivity index (χ3v) is 5.67. The second kappa shape index (κ2) is 9.17. The van der Waals surface area contributed by atoms with Gasteiger partial charge in [0.15, 0.2) is 0 Å². The van der Waals surface area contributed by atoms with Crippen LogP contribution < -0.4 is 14.8 Å². The molecule has 0 aliphatic carbocycles. The number of ether oxygens (including phenoxy) is 1. The molecule has 0 saturated carbocycles. The molecule has 0 fully saturated rings. The molecule has 3 rings (SSSR count). The van der Waals surface area contributed by atoms with Crippen LogP contribution >= 0.6 is 23.2 Å². The van der Waals surface area contributed by atoms with Crippen molar-refractivity contribution in [3.63, 3.8) is 0 Å². The van der Waals surface area contributed by atoms with Gasteiger partial charge in [-0.1, -0.05) is 41.4 Å². The summed E-state index contributed by atoms with van der Waals surface area (Å²) in [5.74, 6) is -0.209. The van der Waals surface area contributed by atoms with Gasteiger partial charge in [0.2, 0.25) is 10.0 Å². The lowest BCUT2D eigenvalue weighted by atomic mass is 10.2. The lowest BCUT2D eigenvalue weighted by Gasteiger charge is -2.12. The van der Waals surface area contributed by atoms with E-state index in [4.69, 9.17) is 27.9 Å². The zero-order valence-electron chi connectivity index (χ0n) is 16.9. The average molecular weight is 483 g/mol. The minimum absolute atomic E-state index is 0.178. The van der Waals surface area contributed by atoms with Gasteiger partial charge in [-0.05, 0) is 30.7 Å². The van der Waals surface area contributed by atoms with E-state index in [9.17, 15) is 13.2 Å². The fraction of sp³-hybridized carbons (Fsp3) is 0.200. The van der Waals surface area contributed by atoms with E-state index in [0.717, 1.165) is 11.8 Å². The number of halogens is 2. The number of methoxy groups -OCH3 is 1. The highest BCUT2D eigenvalue weighted by Crippen LogP contribution is 2.30. The van der Waals surface area contributed by atoms with Crippen LogP contribution in [0.25, 0.3) is 0 Å². The predicted molar refractivity (Wildman–Crippen MR) is 122 cm³/mol. The molecular weight excluding hydrogens is 463 g/mol. The van der Waals surface area contributed by atoms with Crippen LogP contribution in [0.4, 0.5) is 11.4 Å². The maximum absolute atomic E-state index is 12.9. The molecule has 0 unspecified atom stereocenters. The van der Waals surface area contributed by atoms with Crippen LogP contribution in [-0.4, -0.2) is 37.5 Å². The zero-order valence-corrected chi connectivity index (χ0v) is 19.3. The SMILES string of the molecule is COc1cc(NC(=O)c2c(C)nn(Cc3ccccc3Cl)c2Cl)ccc1NS(C)(=O)=O. The molecule has 8 nitrogen and oxygen atoms in total. The first kappa shape index (κ1) is 22.9. The first-order valence-corrected chi connectivity index (χ1v) is 11.7. The Bertz CT molecular complexity index is 1240. The number of aryl methyl sites for hydroxylation is 1. The molecule has 3 aromatic rings. The van der Waals surface area contributed by atoms with Crippen molar-refractivity contribution in [3.05, 3.63) is 69.5 Å². The number of nitrogens with one attached hydrogen (secondary N) is 2. The number of amides is 1. The molecule has 0 spiro atoms. The number of carbonyl (C=O) groups excluding carboxylic acids is 1. The molecule has 0 bridgehead atoms. The Hall–Kier alpha value is -2.75. The van der Waals surface area contributed by atoms with Gasteiger partial charge in [0, 0.05) is 16.8 Å². The van der Waals surface area contributed by atoms with Crippen LogP contribution in [0.15, 0.2) is 42.5 Å². The van der Waals surface area contributed by atoms with Crippen molar-refractivity contribution in [2.75, 3.05) is 23.4 Å². The Kier molecular flexibility index (Phi) is 6.78. The Morgan fingerprint density at radius 2 is 1.90 bits per heavy atom. The number of nitrogens with zero attached hydrogens (tertiary/aromatic N) is 2. The molecule has 0 aliphatic heterocycles. The molecule has 2 N–H and O–H groups in total. The number of aromatic nitrogens is 2. The van der Waals surface area contributed by atoms with Gasteiger partial charge in [-0.2, -0.15) is 5.10 Å². The second-order valence-electron chi connectivity index (χ2n) is 6.74. The smallest absolute Gasteiger partial charge is 0.260 e. The third kappa shape index (κ3) is 5.49. The number of sulfonamides is 1. The number of hydrogen-bond donors (Lipinski definition) is 2. The van der Waals surface area contributed by atoms with E-state index in [1.807, 2.05) is 18.2 Å². The predicted octanol–water partition coefficient (Wildman–Crippen LogP) is 4.18. The van der Waals surface area contributed by atoms with Gasteiger partial charge in [0.1, 0.15) is 10.9 Å². The van der Waals surface area contributed by atoms with E-state index < -0.39 is 15.9 Å². The summed E-state index contributed by atoms with van der Waals surface area (Å²) < 4.78 is 32.0. The minimum atomic E-state index is -3.48. The summed E-state index contributed by atoms with van der Waals surface area (Å²) in [5.41, 5.74) is 2.15. The highest BCUT2D eigenvalue weighted by atomic mass is 35.5. The number of hydrogen-bond acceptors (Lipinski definition) is 5. The fourth-order valence-corrected chi connectivity index (χ4v) is 4.03. The van der Waals surface area contributed by atoms with Crippen LogP contribution in [0.1, 0.15) is 21.6 Å². The number of anilines is 2. The average Bonchev–Trinajstić information content (AvgIpc) is 2.97. The van der Waals surface area contributed by atoms with Crippen molar-refractivity contribution >= 4 is 50.5 Å². The molecule has 1 amide bonds. The van der Waals surface area contributed by atoms with Crippen molar-refractivity contribution in [3.8, 4) is 5.75 Å². The first-order chi connectivity index (χ1) is 14.6. The molecule has 0 aliphatic rings. The first-order valence-electron chi connectivity index (χ1n) is 9.02. The van der Waals surface area contributed by atoms with Crippen molar-refractivity contribution in [1.29, 1.82) is 0 Å². The molecule has 0 radical (unpaired) electrons. The maximum atomic E-state index is 12.9. The summed E-state index contributed by atoms with van der Waals surface area (Å²) in [7, 11) is -2.08. The normalized spacial score (nSPS) is 11.3. The molecule has 0 saturated heterocycles. The monoisotopic (exact) mass is 482 g/mol. The van der Waals surface area contributed by atoms with Crippen molar-refractivity contribution < 1.29 is 17.9 Å². The van der Waals surface area contributed by atoms with Gasteiger partial charge < -0.3 is 10.1 Å². The second-order valence-corrected chi connectivity index (χ2v) is 9.26. The van der Waals surface area contributed by atoms with E-state index in [2.05, 4.69) is 15.1 Å². The van der Waals surface area contributed by atoms with Crippen LogP contribution in [0.5, 0.6) is 5.75 Å². The van der Waals surface area contributed by atoms with Gasteiger partial charge >= 0.3 is 0 Å². The van der Waals surface area contributed by atoms with Crippen molar-refractivity contribution in [2.24, 2.45) is 0 Å². The summed E-state index contributed by atoms with van der Waals surface area (Å²) in [6.07, 6.45) is 1.03. The van der Waals surface area contributed by atoms with Crippen molar-refractivity contribution in [1.82, 2.24) is 9.78 Å². The molecule has 164 valence electrons. The molecule has 31 heavy (non-hydrogen) atoms. The summed E-state index contributed by atoms with van der Waals surface area (Å²) in [5, 5.41) is 7.85. The number of benzene rings is 2. The van der Waals surface area contributed by atoms with E-state index in [-0.39, 0.29) is 22.2 Å². The Morgan fingerprint density at radius 3 is 2.55 bits per heavy atom. The number of rotatable bonds is 7. The largest absolute Gasteiger partial charge is 0.494 e. The summed E-state index contributed by atoms with van der Waals surface area (Å²) in [6, 6.07) is 11.8. The lowest BCUT2D eigenvalue weighted by Crippen LogP contribution is -2.14. The molecular formula is C20H20Cl2N4O4S. The summed E-state index contributed by atoms with van der Waals surface area (Å²) in [4.78, 5) is 12.9. The lowest BCUT2D eigenvalue weighted by molar-refractivity contribution is 0.102. The van der Waals surface area contributed by atoms with E-state index in [1.165, 1.54) is 23.9 Å². The van der Waals surface area contributed by atoms with Gasteiger partial charge in [-0.15, -0.1) is 0 Å². The van der Waals surface area contributed by atoms with Crippen LogP contribution in [0.2, 0.25) is 10.2 Å². The van der Waals surface area contributed by atoms with Crippen LogP contribution in [0.3, 0.4) is 0 Å². The highest BCUT2D eigenvalue weighted by molar-refractivity contribution is 7.92. The van der Waals surface area contributed by atoms with Gasteiger partial charge in [0.25, 0.3) is 5.91 Å². The minimum Gasteiger partial charge on any atom is -0.494 e. The van der Waals surface area contributed by atoms with E-state index in [0.29, 0.717) is 22.9 Å². The summed E-state index contributed by atoms with van der Waals surface area (Å²) >= 11 is 12.7. The molecule has 1 aromatic heterocycles. The third-order valence-electron chi connectivity index (χ3n) is 4.33. The molecule has 2 aromatic carbocycles. The van der Waals surface area contributed by atoms with Crippen LogP contribution in [0, 0.1) is 6.92 Å². The highest BCUT2D eigenvalue weighted by Gasteiger charge is 2.21. The number of carbonyl (C=O) groups is 1. The Morgan fingerprint density at radius 1 is 1.19 bits per heavy atom. The topological polar surface area (TPSA) is 102 Å².